The van der Waals surface area contributed by atoms with Crippen LogP contribution in [0.5, 0.6) is 0 Å². The molecular weight excluding hydrogens is 553 g/mol. The van der Waals surface area contributed by atoms with E-state index in [0.717, 1.165) is 50.1 Å². The molecule has 0 spiro atoms. The summed E-state index contributed by atoms with van der Waals surface area (Å²) in [5.74, 6) is 3.90. The number of aliphatic hydroxyl groups excluding tert-OH is 1. The van der Waals surface area contributed by atoms with Gasteiger partial charge in [-0.1, -0.05) is 47.5 Å². The molecule has 1 saturated carbocycles. The van der Waals surface area contributed by atoms with Gasteiger partial charge in [-0.2, -0.15) is 4.98 Å². The Kier molecular flexibility index (Phi) is 9.31. The van der Waals surface area contributed by atoms with Gasteiger partial charge in [0.05, 0.1) is 17.5 Å². The van der Waals surface area contributed by atoms with Gasteiger partial charge < -0.3 is 20.2 Å². The molecule has 1 saturated heterocycles. The van der Waals surface area contributed by atoms with Crippen molar-refractivity contribution in [3.63, 3.8) is 0 Å². The van der Waals surface area contributed by atoms with Gasteiger partial charge in [0, 0.05) is 55.4 Å². The maximum absolute atomic E-state index is 13.7. The minimum absolute atomic E-state index is 0.171. The molecule has 2 unspecified atom stereocenters. The van der Waals surface area contributed by atoms with Crippen LogP contribution in [0.15, 0.2) is 41.3 Å². The fraction of sp³-hybridized carbons (Fsp3) is 0.559. The van der Waals surface area contributed by atoms with E-state index in [4.69, 9.17) is 4.98 Å². The largest absolute Gasteiger partial charge is 0.391 e. The van der Waals surface area contributed by atoms with Crippen LogP contribution in [0.3, 0.4) is 0 Å². The number of piperazine rings is 1. The van der Waals surface area contributed by atoms with Crippen LogP contribution in [-0.2, 0) is 0 Å². The smallest absolute Gasteiger partial charge is 0.253 e. The summed E-state index contributed by atoms with van der Waals surface area (Å²) in [6, 6.07) is 9.67. The monoisotopic (exact) mass is 600 g/mol. The van der Waals surface area contributed by atoms with Crippen molar-refractivity contribution < 1.29 is 5.11 Å². The van der Waals surface area contributed by atoms with Gasteiger partial charge in [-0.25, -0.2) is 4.98 Å². The summed E-state index contributed by atoms with van der Waals surface area (Å²) in [6.45, 7) is 17.9. The summed E-state index contributed by atoms with van der Waals surface area (Å²) in [5, 5.41) is 14.9. The molecule has 2 N–H and O–H groups in total. The molecule has 43 heavy (non-hydrogen) atoms. The lowest BCUT2D eigenvalue weighted by Gasteiger charge is -2.38. The highest BCUT2D eigenvalue weighted by atomic mass is 28.3. The number of anilines is 3. The number of hydrogen-bond acceptors (Lipinski definition) is 7. The Hall–Kier alpha value is -3.19. The summed E-state index contributed by atoms with van der Waals surface area (Å²) in [4.78, 5) is 28.0. The molecule has 1 aliphatic carbocycles. The minimum atomic E-state index is -2.02. The van der Waals surface area contributed by atoms with Crippen LogP contribution >= 0.6 is 0 Å². The number of rotatable bonds is 7. The molecule has 2 fully saturated rings. The summed E-state index contributed by atoms with van der Waals surface area (Å²) >= 11 is 0. The van der Waals surface area contributed by atoms with Gasteiger partial charge in [-0.05, 0) is 67.2 Å². The Bertz CT molecular complexity index is 1530. The first-order chi connectivity index (χ1) is 20.5. The van der Waals surface area contributed by atoms with Crippen LogP contribution in [0.1, 0.15) is 72.4 Å². The number of aliphatic hydroxyl groups is 1. The van der Waals surface area contributed by atoms with Crippen LogP contribution in [-0.4, -0.2) is 71.9 Å². The second-order valence-electron chi connectivity index (χ2n) is 13.4. The molecule has 0 bridgehead atoms. The zero-order chi connectivity index (χ0) is 30.9. The number of nitrogens with one attached hydrogen (secondary N) is 1. The van der Waals surface area contributed by atoms with E-state index >= 15 is 0 Å². The summed E-state index contributed by atoms with van der Waals surface area (Å²) in [7, 11) is 0.144. The number of benzene rings is 1. The van der Waals surface area contributed by atoms with E-state index in [1.165, 1.54) is 5.69 Å². The van der Waals surface area contributed by atoms with E-state index in [9.17, 15) is 9.90 Å². The van der Waals surface area contributed by atoms with Gasteiger partial charge in [-0.15, -0.1) is 5.54 Å². The number of hydrogen-bond donors (Lipinski definition) is 2. The van der Waals surface area contributed by atoms with Crippen molar-refractivity contribution in [3.05, 3.63) is 52.4 Å². The predicted octanol–water partition coefficient (Wildman–Crippen LogP) is 5.94. The number of pyridine rings is 1. The molecule has 8 nitrogen and oxygen atoms in total. The predicted molar refractivity (Wildman–Crippen MR) is 180 cm³/mol. The second-order valence-corrected chi connectivity index (χ2v) is 19.0. The van der Waals surface area contributed by atoms with Crippen molar-refractivity contribution >= 4 is 36.4 Å². The van der Waals surface area contributed by atoms with Gasteiger partial charge in [0.1, 0.15) is 13.7 Å². The Labute approximate surface area is 257 Å². The highest BCUT2D eigenvalue weighted by Gasteiger charge is 2.41. The topological polar surface area (TPSA) is 86.5 Å². The van der Waals surface area contributed by atoms with E-state index in [1.807, 2.05) is 12.1 Å². The average molecular weight is 601 g/mol. The molecule has 5 rings (SSSR count). The summed E-state index contributed by atoms with van der Waals surface area (Å²) < 4.78 is 1.68. The van der Waals surface area contributed by atoms with Gasteiger partial charge in [0.25, 0.3) is 5.56 Å². The molecule has 0 amide bonds. The molecule has 2 aromatic heterocycles. The van der Waals surface area contributed by atoms with Crippen molar-refractivity contribution in [2.45, 2.75) is 89.6 Å². The molecule has 2 atom stereocenters. The zero-order valence-electron chi connectivity index (χ0n) is 26.9. The average Bonchev–Trinajstić information content (AvgIpc) is 3.38. The molecule has 3 heterocycles. The molecule has 9 heteroatoms. The fourth-order valence-corrected chi connectivity index (χ4v) is 12.6. The zero-order valence-corrected chi connectivity index (χ0v) is 27.9. The highest BCUT2D eigenvalue weighted by molar-refractivity contribution is 6.90. The van der Waals surface area contributed by atoms with Gasteiger partial charge in [0.2, 0.25) is 5.95 Å². The molecule has 1 aliphatic heterocycles. The van der Waals surface area contributed by atoms with Crippen molar-refractivity contribution in [2.75, 3.05) is 43.4 Å². The van der Waals surface area contributed by atoms with E-state index in [0.29, 0.717) is 40.2 Å². The van der Waals surface area contributed by atoms with Crippen LogP contribution in [0, 0.1) is 11.5 Å². The SMILES string of the molecule is CC(C)[Si](C#Cc1cc(=O)n(C2CCCC2O)c2nc(Nc3ccc(N4CCN(C)CC4)cc3)ncc12)(C(C)C)C(C)C. The first-order valence-corrected chi connectivity index (χ1v) is 18.2. The Morgan fingerprint density at radius 3 is 2.21 bits per heavy atom. The Balaban J connectivity index is 1.54. The third kappa shape index (κ3) is 6.24. The minimum Gasteiger partial charge on any atom is -0.391 e. The maximum Gasteiger partial charge on any atom is 0.253 e. The molecule has 0 radical (unpaired) electrons. The summed E-state index contributed by atoms with van der Waals surface area (Å²) in [6.07, 6.45) is 3.51. The number of nitrogens with zero attached hydrogens (tertiary/aromatic N) is 5. The number of likely N-dealkylation sites (N-methyl/N-ethyl adjacent to an activating group) is 1. The lowest BCUT2D eigenvalue weighted by atomic mass is 10.1. The number of aromatic nitrogens is 3. The molecular formula is C34H48N6O2Si. The first-order valence-electron chi connectivity index (χ1n) is 15.9. The lowest BCUT2D eigenvalue weighted by Crippen LogP contribution is -2.44. The third-order valence-corrected chi connectivity index (χ3v) is 16.1. The van der Waals surface area contributed by atoms with E-state index in [2.05, 4.69) is 92.3 Å². The van der Waals surface area contributed by atoms with E-state index < -0.39 is 14.2 Å². The fourth-order valence-electron chi connectivity index (χ4n) is 7.39. The van der Waals surface area contributed by atoms with Gasteiger partial charge in [0.15, 0.2) is 0 Å². The first kappa shape index (κ1) is 31.2. The normalized spacial score (nSPS) is 19.8. The Morgan fingerprint density at radius 2 is 1.63 bits per heavy atom. The molecule has 2 aliphatic rings. The van der Waals surface area contributed by atoms with Gasteiger partial charge >= 0.3 is 0 Å². The van der Waals surface area contributed by atoms with Crippen molar-refractivity contribution in [2.24, 2.45) is 0 Å². The maximum atomic E-state index is 13.7. The van der Waals surface area contributed by atoms with Crippen molar-refractivity contribution in [1.29, 1.82) is 0 Å². The highest BCUT2D eigenvalue weighted by Crippen LogP contribution is 2.41. The van der Waals surface area contributed by atoms with Crippen LogP contribution < -0.4 is 15.8 Å². The van der Waals surface area contributed by atoms with Gasteiger partial charge in [-0.3, -0.25) is 9.36 Å². The quantitative estimate of drug-likeness (QED) is 0.256. The van der Waals surface area contributed by atoms with Crippen LogP contribution in [0.4, 0.5) is 17.3 Å². The standard InChI is InChI=1S/C34H48N6O2Si/c1-23(2)43(24(3)4,25(5)6)20-15-26-21-32(42)40(30-9-8-10-31(30)41)33-29(26)22-35-34(37-33)36-27-11-13-28(14-12-27)39-18-16-38(7)17-19-39/h11-14,21-25,30-31,41H,8-10,16-19H2,1-7H3,(H,35,36,37). The van der Waals surface area contributed by atoms with E-state index in [1.54, 1.807) is 16.8 Å². The molecule has 230 valence electrons. The van der Waals surface area contributed by atoms with Crippen LogP contribution in [0.2, 0.25) is 16.6 Å². The van der Waals surface area contributed by atoms with Crippen molar-refractivity contribution in [3.8, 4) is 11.5 Å². The van der Waals surface area contributed by atoms with Crippen LogP contribution in [0.25, 0.3) is 11.0 Å². The molecule has 3 aromatic rings. The third-order valence-electron chi connectivity index (χ3n) is 9.84. The van der Waals surface area contributed by atoms with E-state index in [-0.39, 0.29) is 11.6 Å². The second kappa shape index (κ2) is 12.8. The number of fused-ring (bicyclic) bond motifs is 1. The van der Waals surface area contributed by atoms with Crippen molar-refractivity contribution in [1.82, 2.24) is 19.4 Å². The Morgan fingerprint density at radius 1 is 0.977 bits per heavy atom. The summed E-state index contributed by atoms with van der Waals surface area (Å²) in [5.41, 5.74) is 8.32. The molecule has 1 aromatic carbocycles. The lowest BCUT2D eigenvalue weighted by molar-refractivity contribution is 0.136.